The van der Waals surface area contributed by atoms with Gasteiger partial charge < -0.3 is 10.6 Å². The summed E-state index contributed by atoms with van der Waals surface area (Å²) in [7, 11) is 0. The van der Waals surface area contributed by atoms with E-state index in [1.807, 2.05) is 6.07 Å². The van der Waals surface area contributed by atoms with Crippen LogP contribution in [-0.4, -0.2) is 45.8 Å². The van der Waals surface area contributed by atoms with E-state index in [-0.39, 0.29) is 17.6 Å². The normalized spacial score (nSPS) is 13.7. The van der Waals surface area contributed by atoms with Crippen molar-refractivity contribution in [1.82, 2.24) is 24.8 Å². The number of anilines is 1. The number of urea groups is 1. The number of hydrogen-bond acceptors (Lipinski definition) is 4. The van der Waals surface area contributed by atoms with E-state index in [0.717, 1.165) is 0 Å². The molecule has 4 rings (SSSR count). The minimum atomic E-state index is -0.219. The Bertz CT molecular complexity index is 1090. The lowest BCUT2D eigenvalue weighted by Gasteiger charge is -2.15. The number of rotatable bonds is 6. The quantitative estimate of drug-likeness (QED) is 0.619. The van der Waals surface area contributed by atoms with Crippen LogP contribution in [0, 0.1) is 0 Å². The number of benzene rings is 1. The average molecular weight is 380 g/mol. The Labute approximate surface area is 160 Å². The first-order valence-corrected chi connectivity index (χ1v) is 9.11. The van der Waals surface area contributed by atoms with Gasteiger partial charge in [0.15, 0.2) is 5.65 Å². The molecular weight excluding hydrogens is 360 g/mol. The van der Waals surface area contributed by atoms with Crippen LogP contribution < -0.4 is 21.2 Å². The highest BCUT2D eigenvalue weighted by atomic mass is 16.2. The van der Waals surface area contributed by atoms with Gasteiger partial charge in [0.25, 0.3) is 5.91 Å². The van der Waals surface area contributed by atoms with Crippen molar-refractivity contribution in [3.05, 3.63) is 64.7 Å². The lowest BCUT2D eigenvalue weighted by Crippen LogP contribution is -2.29. The van der Waals surface area contributed by atoms with E-state index in [1.54, 1.807) is 47.5 Å². The second-order valence-corrected chi connectivity index (χ2v) is 6.48. The van der Waals surface area contributed by atoms with E-state index in [1.165, 1.54) is 9.08 Å². The minimum Gasteiger partial charge on any atom is -0.352 e. The molecule has 0 atom stereocenters. The molecule has 1 aliphatic rings. The predicted octanol–water partition coefficient (Wildman–Crippen LogP) is 0.846. The van der Waals surface area contributed by atoms with Gasteiger partial charge in [-0.25, -0.2) is 14.3 Å². The van der Waals surface area contributed by atoms with Gasteiger partial charge >= 0.3 is 11.7 Å². The Morgan fingerprint density at radius 3 is 2.86 bits per heavy atom. The Balaban J connectivity index is 1.34. The molecule has 28 heavy (non-hydrogen) atoms. The van der Waals surface area contributed by atoms with Gasteiger partial charge in [-0.3, -0.25) is 14.1 Å². The first kappa shape index (κ1) is 17.8. The molecule has 3 aromatic rings. The van der Waals surface area contributed by atoms with Crippen LogP contribution in [0.1, 0.15) is 16.8 Å². The molecule has 2 aromatic heterocycles. The highest BCUT2D eigenvalue weighted by Gasteiger charge is 2.21. The summed E-state index contributed by atoms with van der Waals surface area (Å²) in [5.41, 5.74) is 1.58. The molecule has 9 nitrogen and oxygen atoms in total. The van der Waals surface area contributed by atoms with Gasteiger partial charge in [0.1, 0.15) is 0 Å². The number of amides is 3. The molecule has 0 spiro atoms. The van der Waals surface area contributed by atoms with Crippen molar-refractivity contribution >= 4 is 23.3 Å². The number of nitrogens with one attached hydrogen (secondary N) is 2. The van der Waals surface area contributed by atoms with Crippen LogP contribution in [0.4, 0.5) is 10.5 Å². The maximum absolute atomic E-state index is 12.4. The summed E-state index contributed by atoms with van der Waals surface area (Å²) in [5.74, 6) is -0.219. The maximum atomic E-state index is 12.4. The third-order valence-corrected chi connectivity index (χ3v) is 4.60. The number of hydrogen-bond donors (Lipinski definition) is 2. The van der Waals surface area contributed by atoms with Crippen LogP contribution in [0.5, 0.6) is 0 Å². The topological polar surface area (TPSA) is 101 Å². The fraction of sp³-hybridized carbons (Fsp3) is 0.263. The molecule has 1 aliphatic heterocycles. The molecule has 0 saturated carbocycles. The fourth-order valence-corrected chi connectivity index (χ4v) is 3.18. The molecule has 0 bridgehead atoms. The molecule has 2 N–H and O–H groups in total. The van der Waals surface area contributed by atoms with Gasteiger partial charge in [-0.2, -0.15) is 0 Å². The molecule has 1 fully saturated rings. The molecule has 144 valence electrons. The number of pyridine rings is 1. The van der Waals surface area contributed by atoms with E-state index >= 15 is 0 Å². The minimum absolute atomic E-state index is 0.157. The molecule has 9 heteroatoms. The standard InChI is InChI=1S/C19H20N6O3/c26-17(14-5-3-6-15(13-14)23-12-9-21-18(23)27)20-8-4-11-25-19(28)24-10-2-1-7-16(24)22-25/h1-3,5-7,10,13H,4,8-9,11-12H2,(H,20,26)(H,21,27). The molecule has 1 saturated heterocycles. The Kier molecular flexibility index (Phi) is 4.79. The number of fused-ring (bicyclic) bond motifs is 1. The smallest absolute Gasteiger partial charge is 0.350 e. The molecule has 3 heterocycles. The molecular formula is C19H20N6O3. The molecule has 0 unspecified atom stereocenters. The van der Waals surface area contributed by atoms with E-state index < -0.39 is 0 Å². The van der Waals surface area contributed by atoms with Crippen molar-refractivity contribution in [1.29, 1.82) is 0 Å². The van der Waals surface area contributed by atoms with Crippen molar-refractivity contribution < 1.29 is 9.59 Å². The van der Waals surface area contributed by atoms with E-state index in [4.69, 9.17) is 0 Å². The van der Waals surface area contributed by atoms with Crippen molar-refractivity contribution in [2.45, 2.75) is 13.0 Å². The number of carbonyl (C=O) groups is 2. The fourth-order valence-electron chi connectivity index (χ4n) is 3.18. The van der Waals surface area contributed by atoms with Crippen molar-refractivity contribution in [3.63, 3.8) is 0 Å². The van der Waals surface area contributed by atoms with Crippen LogP contribution in [-0.2, 0) is 6.54 Å². The summed E-state index contributed by atoms with van der Waals surface area (Å²) in [4.78, 5) is 38.0. The van der Waals surface area contributed by atoms with Gasteiger partial charge in [-0.15, -0.1) is 5.10 Å². The Hall–Kier alpha value is -3.62. The zero-order chi connectivity index (χ0) is 19.5. The SMILES string of the molecule is O=C(NCCCn1nc2ccccn2c1=O)c1cccc(N2CCNC2=O)c1. The second kappa shape index (κ2) is 7.55. The summed E-state index contributed by atoms with van der Waals surface area (Å²) in [6.07, 6.45) is 2.25. The molecule has 0 aliphatic carbocycles. The summed E-state index contributed by atoms with van der Waals surface area (Å²) >= 11 is 0. The lowest BCUT2D eigenvalue weighted by atomic mass is 10.1. The van der Waals surface area contributed by atoms with Crippen molar-refractivity contribution in [2.24, 2.45) is 0 Å². The Morgan fingerprint density at radius 1 is 1.18 bits per heavy atom. The molecule has 0 radical (unpaired) electrons. The zero-order valence-electron chi connectivity index (χ0n) is 15.2. The number of carbonyl (C=O) groups excluding carboxylic acids is 2. The average Bonchev–Trinajstić information content (AvgIpc) is 3.29. The van der Waals surface area contributed by atoms with Gasteiger partial charge in [0.05, 0.1) is 0 Å². The summed E-state index contributed by atoms with van der Waals surface area (Å²) in [6, 6.07) is 12.2. The third kappa shape index (κ3) is 3.46. The van der Waals surface area contributed by atoms with Gasteiger partial charge in [0, 0.05) is 43.6 Å². The first-order valence-electron chi connectivity index (χ1n) is 9.11. The zero-order valence-corrected chi connectivity index (χ0v) is 15.2. The largest absolute Gasteiger partial charge is 0.352 e. The molecule has 3 amide bonds. The highest BCUT2D eigenvalue weighted by Crippen LogP contribution is 2.18. The summed E-state index contributed by atoms with van der Waals surface area (Å²) in [5, 5.41) is 9.84. The van der Waals surface area contributed by atoms with Gasteiger partial charge in [-0.05, 0) is 36.8 Å². The van der Waals surface area contributed by atoms with Crippen LogP contribution in [0.15, 0.2) is 53.5 Å². The predicted molar refractivity (Wildman–Crippen MR) is 104 cm³/mol. The number of nitrogens with zero attached hydrogens (tertiary/aromatic N) is 4. The van der Waals surface area contributed by atoms with Crippen LogP contribution >= 0.6 is 0 Å². The van der Waals surface area contributed by atoms with Crippen LogP contribution in [0.3, 0.4) is 0 Å². The molecule has 1 aromatic carbocycles. The van der Waals surface area contributed by atoms with E-state index in [2.05, 4.69) is 15.7 Å². The second-order valence-electron chi connectivity index (χ2n) is 6.48. The van der Waals surface area contributed by atoms with Crippen LogP contribution in [0.25, 0.3) is 5.65 Å². The van der Waals surface area contributed by atoms with Crippen molar-refractivity contribution in [3.8, 4) is 0 Å². The first-order chi connectivity index (χ1) is 13.6. The Morgan fingerprint density at radius 2 is 2.07 bits per heavy atom. The number of aryl methyl sites for hydroxylation is 1. The maximum Gasteiger partial charge on any atom is 0.350 e. The van der Waals surface area contributed by atoms with E-state index in [9.17, 15) is 14.4 Å². The van der Waals surface area contributed by atoms with Crippen molar-refractivity contribution in [2.75, 3.05) is 24.5 Å². The number of aromatic nitrogens is 3. The third-order valence-electron chi connectivity index (χ3n) is 4.60. The van der Waals surface area contributed by atoms with Gasteiger partial charge in [0.2, 0.25) is 0 Å². The highest BCUT2D eigenvalue weighted by molar-refractivity contribution is 5.98. The van der Waals surface area contributed by atoms with Crippen LogP contribution in [0.2, 0.25) is 0 Å². The monoisotopic (exact) mass is 380 g/mol. The van der Waals surface area contributed by atoms with E-state index in [0.29, 0.717) is 49.5 Å². The summed E-state index contributed by atoms with van der Waals surface area (Å²) in [6.45, 7) is 2.00. The lowest BCUT2D eigenvalue weighted by molar-refractivity contribution is 0.0952. The summed E-state index contributed by atoms with van der Waals surface area (Å²) < 4.78 is 2.88. The van der Waals surface area contributed by atoms with Gasteiger partial charge in [-0.1, -0.05) is 12.1 Å².